The minimum Gasteiger partial charge on any atom is -0.319 e. The van der Waals surface area contributed by atoms with E-state index in [2.05, 4.69) is 31.1 Å². The van der Waals surface area contributed by atoms with Crippen molar-refractivity contribution in [3.63, 3.8) is 0 Å². The molecule has 2 nitrogen and oxygen atoms in total. The van der Waals surface area contributed by atoms with Crippen LogP contribution in [0.2, 0.25) is 0 Å². The van der Waals surface area contributed by atoms with E-state index in [1.54, 1.807) is 0 Å². The molecule has 1 saturated heterocycles. The van der Waals surface area contributed by atoms with Crippen LogP contribution in [0.5, 0.6) is 0 Å². The fourth-order valence-electron chi connectivity index (χ4n) is 1.90. The number of hydrogen-bond donors (Lipinski definition) is 1. The summed E-state index contributed by atoms with van der Waals surface area (Å²) < 4.78 is 0. The normalized spacial score (nSPS) is 31.1. The van der Waals surface area contributed by atoms with Crippen LogP contribution in [0.4, 0.5) is 0 Å². The fourth-order valence-corrected chi connectivity index (χ4v) is 1.90. The molecule has 0 bridgehead atoms. The third kappa shape index (κ3) is 1.57. The average Bonchev–Trinajstić information content (AvgIpc) is 2.16. The molecule has 66 valence electrons. The van der Waals surface area contributed by atoms with E-state index in [1.165, 1.54) is 13.0 Å². The van der Waals surface area contributed by atoms with Gasteiger partial charge in [0.1, 0.15) is 0 Å². The van der Waals surface area contributed by atoms with E-state index in [4.69, 9.17) is 0 Å². The van der Waals surface area contributed by atoms with Gasteiger partial charge in [-0.05, 0) is 53.4 Å². The van der Waals surface area contributed by atoms with Crippen LogP contribution in [0.3, 0.4) is 0 Å². The summed E-state index contributed by atoms with van der Waals surface area (Å²) in [5, 5.41) is 3.26. The number of nitrogens with zero attached hydrogens (tertiary/aromatic N) is 1. The number of likely N-dealkylation sites (tertiary alicyclic amines) is 1. The molecule has 1 atom stereocenters. The summed E-state index contributed by atoms with van der Waals surface area (Å²) in [7, 11) is 4.25. The van der Waals surface area contributed by atoms with Gasteiger partial charge < -0.3 is 10.2 Å². The average molecular weight is 156 g/mol. The third-order valence-corrected chi connectivity index (χ3v) is 3.25. The van der Waals surface area contributed by atoms with Crippen LogP contribution in [0.15, 0.2) is 0 Å². The van der Waals surface area contributed by atoms with Gasteiger partial charge in [-0.15, -0.1) is 0 Å². The Morgan fingerprint density at radius 2 is 2.18 bits per heavy atom. The largest absolute Gasteiger partial charge is 0.319 e. The SMILES string of the molecule is CNC[C@H]1CCN(C)C1(C)C. The smallest absolute Gasteiger partial charge is 0.0190 e. The molecular formula is C9H20N2. The van der Waals surface area contributed by atoms with Crippen molar-refractivity contribution in [1.29, 1.82) is 0 Å². The molecule has 1 rings (SSSR count). The topological polar surface area (TPSA) is 15.3 Å². The minimum atomic E-state index is 0.392. The molecule has 0 spiro atoms. The molecule has 0 aromatic carbocycles. The lowest BCUT2D eigenvalue weighted by atomic mass is 9.89. The predicted octanol–water partition coefficient (Wildman–Crippen LogP) is 0.936. The highest BCUT2D eigenvalue weighted by atomic mass is 15.2. The Balaban J connectivity index is 2.55. The lowest BCUT2D eigenvalue weighted by Gasteiger charge is -2.33. The molecule has 1 aliphatic heterocycles. The Labute approximate surface area is 70.0 Å². The lowest BCUT2D eigenvalue weighted by Crippen LogP contribution is -2.42. The van der Waals surface area contributed by atoms with E-state index in [-0.39, 0.29) is 0 Å². The molecule has 0 amide bonds. The second-order valence-corrected chi connectivity index (χ2v) is 4.12. The summed E-state index contributed by atoms with van der Waals surface area (Å²) in [5.41, 5.74) is 0.392. The van der Waals surface area contributed by atoms with Gasteiger partial charge in [-0.2, -0.15) is 0 Å². The summed E-state index contributed by atoms with van der Waals surface area (Å²) in [4.78, 5) is 2.45. The van der Waals surface area contributed by atoms with E-state index in [9.17, 15) is 0 Å². The van der Waals surface area contributed by atoms with Crippen LogP contribution in [0, 0.1) is 5.92 Å². The summed E-state index contributed by atoms with van der Waals surface area (Å²) in [6.07, 6.45) is 1.34. The van der Waals surface area contributed by atoms with Gasteiger partial charge in [-0.1, -0.05) is 0 Å². The fraction of sp³-hybridized carbons (Fsp3) is 1.00. The van der Waals surface area contributed by atoms with Crippen LogP contribution in [0.25, 0.3) is 0 Å². The first-order valence-electron chi connectivity index (χ1n) is 4.45. The molecule has 11 heavy (non-hydrogen) atoms. The zero-order valence-corrected chi connectivity index (χ0v) is 8.15. The molecule has 0 aromatic heterocycles. The number of rotatable bonds is 2. The van der Waals surface area contributed by atoms with Crippen molar-refractivity contribution >= 4 is 0 Å². The van der Waals surface area contributed by atoms with Crippen molar-refractivity contribution in [3.05, 3.63) is 0 Å². The second kappa shape index (κ2) is 3.11. The first-order chi connectivity index (χ1) is 5.09. The maximum atomic E-state index is 3.26. The predicted molar refractivity (Wildman–Crippen MR) is 48.7 cm³/mol. The zero-order chi connectivity index (χ0) is 8.48. The summed E-state index contributed by atoms with van der Waals surface area (Å²) >= 11 is 0. The van der Waals surface area contributed by atoms with E-state index in [1.807, 2.05) is 7.05 Å². The molecule has 0 radical (unpaired) electrons. The van der Waals surface area contributed by atoms with Gasteiger partial charge in [0.15, 0.2) is 0 Å². The molecule has 2 heteroatoms. The van der Waals surface area contributed by atoms with Crippen LogP contribution >= 0.6 is 0 Å². The Bertz CT molecular complexity index is 130. The molecule has 0 unspecified atom stereocenters. The minimum absolute atomic E-state index is 0.392. The van der Waals surface area contributed by atoms with Crippen LogP contribution in [-0.4, -0.2) is 37.6 Å². The highest BCUT2D eigenvalue weighted by molar-refractivity contribution is 4.94. The molecule has 1 N–H and O–H groups in total. The quantitative estimate of drug-likeness (QED) is 0.640. The Kier molecular flexibility index (Phi) is 2.55. The van der Waals surface area contributed by atoms with Crippen molar-refractivity contribution in [1.82, 2.24) is 10.2 Å². The Hall–Kier alpha value is -0.0800. The van der Waals surface area contributed by atoms with Crippen molar-refractivity contribution < 1.29 is 0 Å². The van der Waals surface area contributed by atoms with Gasteiger partial charge in [-0.3, -0.25) is 0 Å². The van der Waals surface area contributed by atoms with E-state index < -0.39 is 0 Å². The Morgan fingerprint density at radius 1 is 1.55 bits per heavy atom. The monoisotopic (exact) mass is 156 g/mol. The van der Waals surface area contributed by atoms with Gasteiger partial charge >= 0.3 is 0 Å². The number of nitrogens with one attached hydrogen (secondary N) is 1. The molecule has 0 aromatic rings. The molecule has 1 heterocycles. The van der Waals surface area contributed by atoms with E-state index >= 15 is 0 Å². The molecule has 0 saturated carbocycles. The molecule has 1 aliphatic rings. The van der Waals surface area contributed by atoms with E-state index in [0.717, 1.165) is 12.5 Å². The molecular weight excluding hydrogens is 136 g/mol. The van der Waals surface area contributed by atoms with E-state index in [0.29, 0.717) is 5.54 Å². The van der Waals surface area contributed by atoms with Gasteiger partial charge in [-0.25, -0.2) is 0 Å². The third-order valence-electron chi connectivity index (χ3n) is 3.25. The van der Waals surface area contributed by atoms with Crippen molar-refractivity contribution in [2.75, 3.05) is 27.2 Å². The van der Waals surface area contributed by atoms with Crippen molar-refractivity contribution in [3.8, 4) is 0 Å². The zero-order valence-electron chi connectivity index (χ0n) is 8.15. The van der Waals surface area contributed by atoms with Crippen LogP contribution in [0.1, 0.15) is 20.3 Å². The molecule has 0 aliphatic carbocycles. The van der Waals surface area contributed by atoms with Gasteiger partial charge in [0.25, 0.3) is 0 Å². The lowest BCUT2D eigenvalue weighted by molar-refractivity contribution is 0.171. The highest BCUT2D eigenvalue weighted by Crippen LogP contribution is 2.32. The first kappa shape index (κ1) is 9.01. The maximum Gasteiger partial charge on any atom is 0.0190 e. The van der Waals surface area contributed by atoms with Crippen LogP contribution in [-0.2, 0) is 0 Å². The maximum absolute atomic E-state index is 3.26. The van der Waals surface area contributed by atoms with Crippen LogP contribution < -0.4 is 5.32 Å². The Morgan fingerprint density at radius 3 is 2.55 bits per heavy atom. The first-order valence-corrected chi connectivity index (χ1v) is 4.45. The summed E-state index contributed by atoms with van der Waals surface area (Å²) in [6.45, 7) is 7.07. The second-order valence-electron chi connectivity index (χ2n) is 4.12. The highest BCUT2D eigenvalue weighted by Gasteiger charge is 2.37. The molecule has 1 fully saturated rings. The van der Waals surface area contributed by atoms with Gasteiger partial charge in [0.2, 0.25) is 0 Å². The standard InChI is InChI=1S/C9H20N2/c1-9(2)8(7-10-3)5-6-11(9)4/h8,10H,5-7H2,1-4H3/t8-/m1/s1. The number of hydrogen-bond acceptors (Lipinski definition) is 2. The van der Waals surface area contributed by atoms with Crippen molar-refractivity contribution in [2.24, 2.45) is 5.92 Å². The van der Waals surface area contributed by atoms with Crippen molar-refractivity contribution in [2.45, 2.75) is 25.8 Å². The van der Waals surface area contributed by atoms with Gasteiger partial charge in [0.05, 0.1) is 0 Å². The van der Waals surface area contributed by atoms with Gasteiger partial charge in [0, 0.05) is 5.54 Å². The summed E-state index contributed by atoms with van der Waals surface area (Å²) in [6, 6.07) is 0. The summed E-state index contributed by atoms with van der Waals surface area (Å²) in [5.74, 6) is 0.817.